The van der Waals surface area contributed by atoms with Crippen LogP contribution in [0.1, 0.15) is 26.2 Å². The molecule has 2 aliphatic rings. The summed E-state index contributed by atoms with van der Waals surface area (Å²) in [6.07, 6.45) is 5.63. The predicted octanol–water partition coefficient (Wildman–Crippen LogP) is 2.25. The number of halogens is 1. The maximum atomic E-state index is 4.27. The zero-order valence-electron chi connectivity index (χ0n) is 6.47. The first-order valence-electron chi connectivity index (χ1n) is 3.84. The third kappa shape index (κ3) is 1.07. The van der Waals surface area contributed by atoms with Crippen LogP contribution < -0.4 is 0 Å². The molecule has 0 atom stereocenters. The molecule has 1 aliphatic heterocycles. The number of hydrazone groups is 1. The smallest absolute Gasteiger partial charge is 0.0467 e. The molecule has 11 heavy (non-hydrogen) atoms. The Balaban J connectivity index is 2.37. The highest BCUT2D eigenvalue weighted by Gasteiger charge is 2.28. The summed E-state index contributed by atoms with van der Waals surface area (Å²) in [5.74, 6) is 0. The van der Waals surface area contributed by atoms with Gasteiger partial charge in [0, 0.05) is 28.8 Å². The molecule has 0 N–H and O–H groups in total. The van der Waals surface area contributed by atoms with E-state index in [-0.39, 0.29) is 0 Å². The zero-order valence-corrected chi connectivity index (χ0v) is 8.06. The Kier molecular flexibility index (Phi) is 1.68. The Morgan fingerprint density at radius 3 is 2.64 bits per heavy atom. The summed E-state index contributed by atoms with van der Waals surface area (Å²) in [6, 6.07) is 0. The maximum Gasteiger partial charge on any atom is 0.284 e. The van der Waals surface area contributed by atoms with Gasteiger partial charge in [0.25, 0.3) is 4.61 Å². The fraction of sp³-hybridized carbons (Fsp3) is 0.500. The van der Waals surface area contributed by atoms with E-state index in [0.717, 1.165) is 4.61 Å². The molecule has 1 heterocycles. The first-order chi connectivity index (χ1) is 5.29. The molecular formula is C8H10BrN2+. The summed E-state index contributed by atoms with van der Waals surface area (Å²) in [7, 11) is 0. The second kappa shape index (κ2) is 2.55. The summed E-state index contributed by atoms with van der Waals surface area (Å²) in [5.41, 5.74) is 2.65. The van der Waals surface area contributed by atoms with Crippen molar-refractivity contribution in [3.63, 3.8) is 0 Å². The SMILES string of the molecule is CC1=C(Br)[N+](=C2CCC2)N=C1. The van der Waals surface area contributed by atoms with Gasteiger partial charge in [0.1, 0.15) is 6.21 Å². The largest absolute Gasteiger partial charge is 0.284 e. The van der Waals surface area contributed by atoms with E-state index in [4.69, 9.17) is 0 Å². The lowest BCUT2D eigenvalue weighted by molar-refractivity contribution is -0.468. The molecule has 0 aromatic heterocycles. The Hall–Kier alpha value is -0.440. The van der Waals surface area contributed by atoms with E-state index in [1.54, 1.807) is 0 Å². The molecule has 0 aromatic carbocycles. The monoisotopic (exact) mass is 213 g/mol. The standard InChI is InChI=1S/C8H10BrN2/c1-6-5-10-11(8(6)9)7-3-2-4-7/h5H,2-4H2,1H3/q+1. The lowest BCUT2D eigenvalue weighted by atomic mass is 9.97. The first kappa shape index (κ1) is 7.22. The molecule has 3 heteroatoms. The molecule has 58 valence electrons. The minimum atomic E-state index is 1.12. The predicted molar refractivity (Wildman–Crippen MR) is 49.2 cm³/mol. The van der Waals surface area contributed by atoms with Crippen LogP contribution in [-0.4, -0.2) is 16.6 Å². The number of hydrogen-bond donors (Lipinski definition) is 0. The van der Waals surface area contributed by atoms with Gasteiger partial charge >= 0.3 is 0 Å². The Morgan fingerprint density at radius 2 is 2.27 bits per heavy atom. The molecular weight excluding hydrogens is 204 g/mol. The van der Waals surface area contributed by atoms with Crippen LogP contribution in [0.5, 0.6) is 0 Å². The van der Waals surface area contributed by atoms with Crippen molar-refractivity contribution in [2.45, 2.75) is 26.2 Å². The zero-order chi connectivity index (χ0) is 7.84. The van der Waals surface area contributed by atoms with Crippen molar-refractivity contribution in [1.82, 2.24) is 0 Å². The third-order valence-corrected chi connectivity index (χ3v) is 3.07. The fourth-order valence-electron chi connectivity index (χ4n) is 1.18. The second-order valence-corrected chi connectivity index (χ2v) is 3.70. The molecule has 1 saturated carbocycles. The van der Waals surface area contributed by atoms with Crippen LogP contribution in [0.3, 0.4) is 0 Å². The summed E-state index contributed by atoms with van der Waals surface area (Å²) in [5, 5.41) is 4.27. The van der Waals surface area contributed by atoms with Gasteiger partial charge in [-0.25, -0.2) is 0 Å². The van der Waals surface area contributed by atoms with Crippen LogP contribution >= 0.6 is 15.9 Å². The van der Waals surface area contributed by atoms with Gasteiger partial charge in [-0.3, -0.25) is 0 Å². The van der Waals surface area contributed by atoms with Crippen LogP contribution in [0.2, 0.25) is 0 Å². The van der Waals surface area contributed by atoms with Gasteiger partial charge in [-0.05, 0) is 23.1 Å². The maximum absolute atomic E-state index is 4.27. The lowest BCUT2D eigenvalue weighted by Gasteiger charge is -2.09. The number of rotatable bonds is 0. The van der Waals surface area contributed by atoms with E-state index in [1.165, 1.54) is 30.5 Å². The van der Waals surface area contributed by atoms with Crippen LogP contribution in [0, 0.1) is 0 Å². The minimum absolute atomic E-state index is 1.12. The average molecular weight is 214 g/mol. The van der Waals surface area contributed by atoms with Gasteiger partial charge < -0.3 is 0 Å². The van der Waals surface area contributed by atoms with E-state index >= 15 is 0 Å². The molecule has 0 bridgehead atoms. The molecule has 1 fully saturated rings. The van der Waals surface area contributed by atoms with Crippen molar-refractivity contribution >= 4 is 27.9 Å². The fourth-order valence-corrected chi connectivity index (χ4v) is 1.63. The topological polar surface area (TPSA) is 15.4 Å². The molecule has 0 unspecified atom stereocenters. The molecule has 2 nitrogen and oxygen atoms in total. The van der Waals surface area contributed by atoms with Gasteiger partial charge in [0.2, 0.25) is 0 Å². The van der Waals surface area contributed by atoms with Crippen LogP contribution in [0.4, 0.5) is 0 Å². The third-order valence-electron chi connectivity index (χ3n) is 2.11. The van der Waals surface area contributed by atoms with E-state index < -0.39 is 0 Å². The van der Waals surface area contributed by atoms with Crippen LogP contribution in [0.25, 0.3) is 0 Å². The first-order valence-corrected chi connectivity index (χ1v) is 4.63. The summed E-state index contributed by atoms with van der Waals surface area (Å²) in [4.78, 5) is 0. The quantitative estimate of drug-likeness (QED) is 0.434. The van der Waals surface area contributed by atoms with Crippen molar-refractivity contribution in [2.75, 3.05) is 0 Å². The highest BCUT2D eigenvalue weighted by atomic mass is 79.9. The van der Waals surface area contributed by atoms with Gasteiger partial charge in [-0.2, -0.15) is 0 Å². The second-order valence-electron chi connectivity index (χ2n) is 2.95. The van der Waals surface area contributed by atoms with Gasteiger partial charge in [-0.1, -0.05) is 0 Å². The molecule has 2 rings (SSSR count). The Labute approximate surface area is 74.4 Å². The summed E-state index contributed by atoms with van der Waals surface area (Å²) in [6.45, 7) is 2.06. The molecule has 0 spiro atoms. The molecule has 0 aromatic rings. The summed E-state index contributed by atoms with van der Waals surface area (Å²) >= 11 is 3.51. The average Bonchev–Trinajstić information content (AvgIpc) is 2.15. The van der Waals surface area contributed by atoms with Gasteiger partial charge in [0.05, 0.1) is 5.57 Å². The van der Waals surface area contributed by atoms with Crippen molar-refractivity contribution in [3.05, 3.63) is 10.2 Å². The molecule has 0 amide bonds. The van der Waals surface area contributed by atoms with Crippen LogP contribution in [0.15, 0.2) is 15.3 Å². The molecule has 0 radical (unpaired) electrons. The minimum Gasteiger partial charge on any atom is -0.0467 e. The number of nitrogens with zero attached hydrogens (tertiary/aromatic N) is 2. The lowest BCUT2D eigenvalue weighted by Crippen LogP contribution is -2.20. The van der Waals surface area contributed by atoms with Crippen molar-refractivity contribution in [1.29, 1.82) is 0 Å². The van der Waals surface area contributed by atoms with E-state index in [1.807, 2.05) is 10.9 Å². The number of hydrogen-bond acceptors (Lipinski definition) is 1. The van der Waals surface area contributed by atoms with Gasteiger partial charge in [-0.15, -0.1) is 0 Å². The van der Waals surface area contributed by atoms with E-state index in [2.05, 4.69) is 28.0 Å². The van der Waals surface area contributed by atoms with Crippen molar-refractivity contribution in [2.24, 2.45) is 5.10 Å². The highest BCUT2D eigenvalue weighted by molar-refractivity contribution is 9.11. The summed E-state index contributed by atoms with van der Waals surface area (Å²) < 4.78 is 3.13. The normalized spacial score (nSPS) is 23.1. The Morgan fingerprint density at radius 1 is 1.55 bits per heavy atom. The molecule has 0 saturated heterocycles. The Bertz CT molecular complexity index is 280. The molecule has 1 aliphatic carbocycles. The van der Waals surface area contributed by atoms with Crippen LogP contribution in [-0.2, 0) is 0 Å². The highest BCUT2D eigenvalue weighted by Crippen LogP contribution is 2.23. The van der Waals surface area contributed by atoms with E-state index in [0.29, 0.717) is 0 Å². The van der Waals surface area contributed by atoms with E-state index in [9.17, 15) is 0 Å². The number of allylic oxidation sites excluding steroid dienone is 1. The van der Waals surface area contributed by atoms with Crippen molar-refractivity contribution in [3.8, 4) is 0 Å². The van der Waals surface area contributed by atoms with Gasteiger partial charge in [0.15, 0.2) is 5.71 Å². The van der Waals surface area contributed by atoms with Crippen molar-refractivity contribution < 1.29 is 4.68 Å².